The Morgan fingerprint density at radius 2 is 2.00 bits per heavy atom. The molecular weight excluding hydrogens is 407 g/mol. The second kappa shape index (κ2) is 12.0. The van der Waals surface area contributed by atoms with Crippen LogP contribution >= 0.6 is 24.0 Å². The molecule has 0 aliphatic rings. The van der Waals surface area contributed by atoms with E-state index in [0.717, 1.165) is 18.7 Å². The van der Waals surface area contributed by atoms with Crippen molar-refractivity contribution in [3.8, 4) is 5.75 Å². The van der Waals surface area contributed by atoms with Crippen molar-refractivity contribution < 1.29 is 9.53 Å². The van der Waals surface area contributed by atoms with Crippen molar-refractivity contribution in [3.05, 3.63) is 29.8 Å². The molecule has 130 valence electrons. The van der Waals surface area contributed by atoms with Crippen molar-refractivity contribution in [3.63, 3.8) is 0 Å². The largest absolute Gasteiger partial charge is 0.484 e. The van der Waals surface area contributed by atoms with Crippen LogP contribution < -0.4 is 15.8 Å². The Hall–Kier alpha value is -1.51. The number of hydrogen-bond acceptors (Lipinski definition) is 3. The van der Waals surface area contributed by atoms with Gasteiger partial charge >= 0.3 is 0 Å². The summed E-state index contributed by atoms with van der Waals surface area (Å²) in [5.74, 6) is 1.07. The fraction of sp³-hybridized carbons (Fsp3) is 0.500. The lowest BCUT2D eigenvalue weighted by molar-refractivity contribution is -0.122. The molecule has 0 aliphatic carbocycles. The third-order valence-corrected chi connectivity index (χ3v) is 3.15. The van der Waals surface area contributed by atoms with Gasteiger partial charge in [0.1, 0.15) is 5.75 Å². The van der Waals surface area contributed by atoms with Crippen LogP contribution in [0.5, 0.6) is 5.75 Å². The van der Waals surface area contributed by atoms with Crippen molar-refractivity contribution in [2.24, 2.45) is 10.7 Å². The van der Waals surface area contributed by atoms with Gasteiger partial charge in [-0.15, -0.1) is 24.0 Å². The molecule has 0 spiro atoms. The summed E-state index contributed by atoms with van der Waals surface area (Å²) in [6.07, 6.45) is 0. The molecule has 3 N–H and O–H groups in total. The highest BCUT2D eigenvalue weighted by atomic mass is 127. The van der Waals surface area contributed by atoms with Crippen molar-refractivity contribution in [1.29, 1.82) is 0 Å². The predicted molar refractivity (Wildman–Crippen MR) is 104 cm³/mol. The van der Waals surface area contributed by atoms with Crippen LogP contribution in [-0.4, -0.2) is 43.0 Å². The van der Waals surface area contributed by atoms with E-state index in [0.29, 0.717) is 24.8 Å². The molecule has 0 atom stereocenters. The fourth-order valence-corrected chi connectivity index (χ4v) is 1.95. The lowest BCUT2D eigenvalue weighted by Crippen LogP contribution is -2.37. The molecule has 0 aliphatic heterocycles. The SMILES string of the molecule is CCNC(=O)COc1cccc(CN=C(N)N(CC)CC)c1.I. The highest BCUT2D eigenvalue weighted by Crippen LogP contribution is 2.14. The van der Waals surface area contributed by atoms with Crippen molar-refractivity contribution in [2.45, 2.75) is 27.3 Å². The molecule has 1 aromatic carbocycles. The van der Waals surface area contributed by atoms with E-state index < -0.39 is 0 Å². The third-order valence-electron chi connectivity index (χ3n) is 3.15. The first-order chi connectivity index (χ1) is 10.6. The van der Waals surface area contributed by atoms with Gasteiger partial charge in [-0.2, -0.15) is 0 Å². The second-order valence-corrected chi connectivity index (χ2v) is 4.74. The highest BCUT2D eigenvalue weighted by molar-refractivity contribution is 14.0. The lowest BCUT2D eigenvalue weighted by Gasteiger charge is -2.19. The number of ether oxygens (including phenoxy) is 1. The normalized spacial score (nSPS) is 10.7. The molecule has 6 nitrogen and oxygen atoms in total. The first-order valence-electron chi connectivity index (χ1n) is 7.63. The number of benzene rings is 1. The van der Waals surface area contributed by atoms with Crippen molar-refractivity contribution in [2.75, 3.05) is 26.2 Å². The number of guanidine groups is 1. The van der Waals surface area contributed by atoms with Crippen LogP contribution in [0.3, 0.4) is 0 Å². The summed E-state index contributed by atoms with van der Waals surface area (Å²) in [4.78, 5) is 17.8. The molecular formula is C16H27IN4O2. The van der Waals surface area contributed by atoms with Crippen LogP contribution in [0.2, 0.25) is 0 Å². The van der Waals surface area contributed by atoms with Crippen molar-refractivity contribution >= 4 is 35.8 Å². The van der Waals surface area contributed by atoms with Gasteiger partial charge in [-0.25, -0.2) is 4.99 Å². The maximum Gasteiger partial charge on any atom is 0.257 e. The zero-order chi connectivity index (χ0) is 16.4. The summed E-state index contributed by atoms with van der Waals surface area (Å²) in [5.41, 5.74) is 6.94. The Morgan fingerprint density at radius 1 is 1.30 bits per heavy atom. The number of carbonyl (C=O) groups is 1. The Balaban J connectivity index is 0.00000484. The summed E-state index contributed by atoms with van der Waals surface area (Å²) in [6.45, 7) is 8.73. The molecule has 0 bridgehead atoms. The summed E-state index contributed by atoms with van der Waals surface area (Å²) in [7, 11) is 0. The number of nitrogens with two attached hydrogens (primary N) is 1. The fourth-order valence-electron chi connectivity index (χ4n) is 1.95. The van der Waals surface area contributed by atoms with E-state index in [4.69, 9.17) is 10.5 Å². The molecule has 1 aromatic rings. The second-order valence-electron chi connectivity index (χ2n) is 4.74. The smallest absolute Gasteiger partial charge is 0.257 e. The van der Waals surface area contributed by atoms with Gasteiger partial charge in [-0.3, -0.25) is 4.79 Å². The molecule has 1 rings (SSSR count). The lowest BCUT2D eigenvalue weighted by atomic mass is 10.2. The topological polar surface area (TPSA) is 79.9 Å². The monoisotopic (exact) mass is 434 g/mol. The van der Waals surface area contributed by atoms with Gasteiger partial charge in [0.15, 0.2) is 12.6 Å². The van der Waals surface area contributed by atoms with Gasteiger partial charge in [-0.1, -0.05) is 12.1 Å². The van der Waals surface area contributed by atoms with E-state index >= 15 is 0 Å². The zero-order valence-electron chi connectivity index (χ0n) is 14.0. The number of aliphatic imine (C=N–C) groups is 1. The van der Waals surface area contributed by atoms with Crippen LogP contribution in [-0.2, 0) is 11.3 Å². The number of nitrogens with one attached hydrogen (secondary N) is 1. The minimum atomic E-state index is -0.128. The predicted octanol–water partition coefficient (Wildman–Crippen LogP) is 1.98. The van der Waals surface area contributed by atoms with Crippen LogP contribution in [0, 0.1) is 0 Å². The van der Waals surface area contributed by atoms with Crippen molar-refractivity contribution in [1.82, 2.24) is 10.2 Å². The van der Waals surface area contributed by atoms with E-state index in [2.05, 4.69) is 10.3 Å². The Labute approximate surface area is 155 Å². The molecule has 0 saturated carbocycles. The van der Waals surface area contributed by atoms with Crippen LogP contribution in [0.15, 0.2) is 29.3 Å². The van der Waals surface area contributed by atoms with E-state index in [-0.39, 0.29) is 36.5 Å². The first kappa shape index (κ1) is 21.5. The molecule has 0 radical (unpaired) electrons. The van der Waals surface area contributed by atoms with Gasteiger partial charge in [0.2, 0.25) is 0 Å². The first-order valence-corrected chi connectivity index (χ1v) is 7.63. The van der Waals surface area contributed by atoms with Gasteiger partial charge in [0.25, 0.3) is 5.91 Å². The number of halogens is 1. The molecule has 0 fully saturated rings. The van der Waals surface area contributed by atoms with E-state index in [1.165, 1.54) is 0 Å². The standard InChI is InChI=1S/C16H26N4O2.HI/c1-4-18-15(21)12-22-14-9-7-8-13(10-14)11-19-16(17)20(5-2)6-3;/h7-10H,4-6,11-12H2,1-3H3,(H2,17,19)(H,18,21);1H. The minimum absolute atomic E-state index is 0. The Morgan fingerprint density at radius 3 is 2.61 bits per heavy atom. The summed E-state index contributed by atoms with van der Waals surface area (Å²) in [6, 6.07) is 7.53. The van der Waals surface area contributed by atoms with Crippen LogP contribution in [0.25, 0.3) is 0 Å². The number of likely N-dealkylation sites (N-methyl/N-ethyl adjacent to an activating group) is 1. The molecule has 1 amide bonds. The molecule has 0 aromatic heterocycles. The summed E-state index contributed by atoms with van der Waals surface area (Å²) >= 11 is 0. The maximum absolute atomic E-state index is 11.4. The van der Waals surface area contributed by atoms with Gasteiger partial charge in [-0.05, 0) is 38.5 Å². The molecule has 0 unspecified atom stereocenters. The van der Waals surface area contributed by atoms with Crippen LogP contribution in [0.1, 0.15) is 26.3 Å². The van der Waals surface area contributed by atoms with Crippen LogP contribution in [0.4, 0.5) is 0 Å². The number of hydrogen-bond donors (Lipinski definition) is 2. The van der Waals surface area contributed by atoms with E-state index in [9.17, 15) is 4.79 Å². The third kappa shape index (κ3) is 8.06. The summed E-state index contributed by atoms with van der Waals surface area (Å²) in [5, 5.41) is 2.69. The Bertz CT molecular complexity index is 505. The number of nitrogens with zero attached hydrogens (tertiary/aromatic N) is 2. The van der Waals surface area contributed by atoms with Gasteiger partial charge < -0.3 is 20.7 Å². The quantitative estimate of drug-likeness (QED) is 0.373. The molecule has 0 saturated heterocycles. The average molecular weight is 434 g/mol. The molecule has 7 heteroatoms. The molecule has 23 heavy (non-hydrogen) atoms. The number of rotatable bonds is 8. The highest BCUT2D eigenvalue weighted by Gasteiger charge is 2.04. The Kier molecular flexibility index (Phi) is 11.2. The number of amides is 1. The van der Waals surface area contributed by atoms with Gasteiger partial charge in [0.05, 0.1) is 6.54 Å². The average Bonchev–Trinajstić information content (AvgIpc) is 2.53. The van der Waals surface area contributed by atoms with Gasteiger partial charge in [0, 0.05) is 19.6 Å². The molecule has 0 heterocycles. The maximum atomic E-state index is 11.4. The van der Waals surface area contributed by atoms with E-state index in [1.807, 2.05) is 49.9 Å². The minimum Gasteiger partial charge on any atom is -0.484 e. The summed E-state index contributed by atoms with van der Waals surface area (Å²) < 4.78 is 5.46. The number of carbonyl (C=O) groups excluding carboxylic acids is 1. The zero-order valence-corrected chi connectivity index (χ0v) is 16.4. The van der Waals surface area contributed by atoms with E-state index in [1.54, 1.807) is 0 Å².